The number of nitrogens with one attached hydrogen (secondary N) is 1. The molecule has 0 heterocycles. The number of carbonyl (C=O) groups excluding carboxylic acids is 1. The van der Waals surface area contributed by atoms with Gasteiger partial charge in [0.1, 0.15) is 0 Å². The van der Waals surface area contributed by atoms with Crippen LogP contribution in [0.1, 0.15) is 58.3 Å². The van der Waals surface area contributed by atoms with Gasteiger partial charge in [-0.05, 0) is 38.5 Å². The first-order chi connectivity index (χ1) is 8.53. The second-order valence-electron chi connectivity index (χ2n) is 6.02. The Morgan fingerprint density at radius 2 is 1.89 bits per heavy atom. The molecule has 0 spiro atoms. The molecule has 0 aromatic rings. The summed E-state index contributed by atoms with van der Waals surface area (Å²) >= 11 is 0. The predicted octanol–water partition coefficient (Wildman–Crippen LogP) is 2.33. The van der Waals surface area contributed by atoms with E-state index >= 15 is 0 Å². The maximum Gasteiger partial charge on any atom is 0.310 e. The molecule has 0 aromatic heterocycles. The average molecular weight is 253 g/mol. The van der Waals surface area contributed by atoms with Crippen molar-refractivity contribution in [3.05, 3.63) is 0 Å². The van der Waals surface area contributed by atoms with E-state index in [1.807, 2.05) is 6.92 Å². The number of aliphatic carboxylic acids is 1. The van der Waals surface area contributed by atoms with Gasteiger partial charge < -0.3 is 10.4 Å². The van der Waals surface area contributed by atoms with Crippen LogP contribution in [0.25, 0.3) is 0 Å². The molecule has 2 aliphatic carbocycles. The molecule has 0 saturated heterocycles. The van der Waals surface area contributed by atoms with Gasteiger partial charge in [-0.15, -0.1) is 0 Å². The third-order valence-electron chi connectivity index (χ3n) is 4.76. The third kappa shape index (κ3) is 2.68. The highest BCUT2D eigenvalue weighted by Crippen LogP contribution is 2.41. The van der Waals surface area contributed by atoms with Crippen molar-refractivity contribution in [3.63, 3.8) is 0 Å². The topological polar surface area (TPSA) is 66.4 Å². The standard InChI is InChI=1S/C14H23NO3/c1-10(11-5-4-6-11)15-12(16)9-14(13(17)18)7-2-3-8-14/h10-11H,2-9H2,1H3,(H,15,16)(H,17,18). The number of carboxylic acids is 1. The van der Waals surface area contributed by atoms with E-state index in [4.69, 9.17) is 0 Å². The Kier molecular flexibility index (Phi) is 3.93. The van der Waals surface area contributed by atoms with Crippen molar-refractivity contribution >= 4 is 11.9 Å². The normalized spacial score (nSPS) is 24.3. The molecule has 2 rings (SSSR count). The number of hydrogen-bond donors (Lipinski definition) is 2. The quantitative estimate of drug-likeness (QED) is 0.790. The molecular formula is C14H23NO3. The van der Waals surface area contributed by atoms with Gasteiger partial charge >= 0.3 is 5.97 Å². The lowest BCUT2D eigenvalue weighted by molar-refractivity contribution is -0.151. The first kappa shape index (κ1) is 13.4. The Balaban J connectivity index is 1.87. The number of rotatable bonds is 5. The van der Waals surface area contributed by atoms with E-state index in [0.717, 1.165) is 12.8 Å². The molecule has 102 valence electrons. The Hall–Kier alpha value is -1.06. The lowest BCUT2D eigenvalue weighted by Crippen LogP contribution is -2.43. The Morgan fingerprint density at radius 3 is 2.33 bits per heavy atom. The highest BCUT2D eigenvalue weighted by molar-refractivity contribution is 5.85. The van der Waals surface area contributed by atoms with Gasteiger partial charge in [0, 0.05) is 12.5 Å². The molecule has 2 fully saturated rings. The van der Waals surface area contributed by atoms with Gasteiger partial charge in [0.2, 0.25) is 5.91 Å². The van der Waals surface area contributed by atoms with Crippen LogP contribution in [0.3, 0.4) is 0 Å². The van der Waals surface area contributed by atoms with Crippen molar-refractivity contribution in [3.8, 4) is 0 Å². The minimum Gasteiger partial charge on any atom is -0.481 e. The van der Waals surface area contributed by atoms with Gasteiger partial charge in [-0.1, -0.05) is 19.3 Å². The lowest BCUT2D eigenvalue weighted by atomic mass is 9.79. The highest BCUT2D eigenvalue weighted by Gasteiger charge is 2.43. The molecule has 0 aromatic carbocycles. The fourth-order valence-corrected chi connectivity index (χ4v) is 3.19. The fourth-order valence-electron chi connectivity index (χ4n) is 3.19. The molecule has 4 nitrogen and oxygen atoms in total. The Morgan fingerprint density at radius 1 is 1.28 bits per heavy atom. The van der Waals surface area contributed by atoms with Gasteiger partial charge in [-0.3, -0.25) is 9.59 Å². The first-order valence-corrected chi connectivity index (χ1v) is 7.06. The van der Waals surface area contributed by atoms with Crippen LogP contribution in [0.2, 0.25) is 0 Å². The van der Waals surface area contributed by atoms with E-state index in [1.165, 1.54) is 19.3 Å². The monoisotopic (exact) mass is 253 g/mol. The summed E-state index contributed by atoms with van der Waals surface area (Å²) in [5.74, 6) is -0.288. The van der Waals surface area contributed by atoms with Crippen LogP contribution in [0.4, 0.5) is 0 Å². The molecule has 1 atom stereocenters. The van der Waals surface area contributed by atoms with Crippen LogP contribution in [0, 0.1) is 11.3 Å². The average Bonchev–Trinajstić information content (AvgIpc) is 2.63. The summed E-state index contributed by atoms with van der Waals surface area (Å²) in [6.45, 7) is 2.03. The van der Waals surface area contributed by atoms with Crippen LogP contribution in [0.15, 0.2) is 0 Å². The van der Waals surface area contributed by atoms with E-state index in [9.17, 15) is 14.7 Å². The summed E-state index contributed by atoms with van der Waals surface area (Å²) in [5, 5.41) is 12.3. The Labute approximate surface area is 108 Å². The molecule has 0 aliphatic heterocycles. The Bertz CT molecular complexity index is 330. The second kappa shape index (κ2) is 5.29. The van der Waals surface area contributed by atoms with Crippen molar-refractivity contribution in [2.24, 2.45) is 11.3 Å². The van der Waals surface area contributed by atoms with E-state index in [0.29, 0.717) is 18.8 Å². The van der Waals surface area contributed by atoms with Crippen LogP contribution in [-0.2, 0) is 9.59 Å². The number of hydrogen-bond acceptors (Lipinski definition) is 2. The predicted molar refractivity (Wildman–Crippen MR) is 68.1 cm³/mol. The second-order valence-corrected chi connectivity index (χ2v) is 6.02. The molecule has 2 N–H and O–H groups in total. The van der Waals surface area contributed by atoms with E-state index in [-0.39, 0.29) is 18.4 Å². The van der Waals surface area contributed by atoms with Crippen molar-refractivity contribution in [1.82, 2.24) is 5.32 Å². The van der Waals surface area contributed by atoms with Crippen LogP contribution >= 0.6 is 0 Å². The summed E-state index contributed by atoms with van der Waals surface area (Å²) in [4.78, 5) is 23.4. The van der Waals surface area contributed by atoms with Crippen LogP contribution < -0.4 is 5.32 Å². The molecule has 0 bridgehead atoms. The summed E-state index contributed by atoms with van der Waals surface area (Å²) in [6.07, 6.45) is 6.93. The molecule has 2 aliphatic rings. The van der Waals surface area contributed by atoms with Gasteiger partial charge in [0.25, 0.3) is 0 Å². The summed E-state index contributed by atoms with van der Waals surface area (Å²) in [6, 6.07) is 0.193. The molecule has 18 heavy (non-hydrogen) atoms. The van der Waals surface area contributed by atoms with Gasteiger partial charge in [0.05, 0.1) is 5.41 Å². The molecule has 4 heteroatoms. The van der Waals surface area contributed by atoms with Gasteiger partial charge in [-0.2, -0.15) is 0 Å². The summed E-state index contributed by atoms with van der Waals surface area (Å²) in [7, 11) is 0. The summed E-state index contributed by atoms with van der Waals surface area (Å²) in [5.41, 5.74) is -0.788. The van der Waals surface area contributed by atoms with Crippen molar-refractivity contribution < 1.29 is 14.7 Å². The van der Waals surface area contributed by atoms with Crippen LogP contribution in [0.5, 0.6) is 0 Å². The zero-order valence-corrected chi connectivity index (χ0v) is 11.1. The highest BCUT2D eigenvalue weighted by atomic mass is 16.4. The summed E-state index contributed by atoms with van der Waals surface area (Å²) < 4.78 is 0. The zero-order valence-electron chi connectivity index (χ0n) is 11.1. The van der Waals surface area contributed by atoms with Gasteiger partial charge in [-0.25, -0.2) is 0 Å². The fraction of sp³-hybridized carbons (Fsp3) is 0.857. The van der Waals surface area contributed by atoms with Crippen molar-refractivity contribution in [2.75, 3.05) is 0 Å². The SMILES string of the molecule is CC(NC(=O)CC1(C(=O)O)CCCC1)C1CCC1. The smallest absolute Gasteiger partial charge is 0.310 e. The maximum atomic E-state index is 12.0. The molecule has 0 radical (unpaired) electrons. The van der Waals surface area contributed by atoms with E-state index < -0.39 is 11.4 Å². The van der Waals surface area contributed by atoms with E-state index in [2.05, 4.69) is 5.32 Å². The lowest BCUT2D eigenvalue weighted by Gasteiger charge is -2.33. The molecular weight excluding hydrogens is 230 g/mol. The van der Waals surface area contributed by atoms with E-state index in [1.54, 1.807) is 0 Å². The minimum absolute atomic E-state index is 0.0845. The maximum absolute atomic E-state index is 12.0. The largest absolute Gasteiger partial charge is 0.481 e. The first-order valence-electron chi connectivity index (χ1n) is 7.06. The molecule has 1 amide bonds. The number of carbonyl (C=O) groups is 2. The molecule has 2 saturated carbocycles. The zero-order chi connectivity index (χ0) is 13.2. The molecule has 1 unspecified atom stereocenters. The number of carboxylic acid groups (broad SMARTS) is 1. The third-order valence-corrected chi connectivity index (χ3v) is 4.76. The number of amides is 1. The van der Waals surface area contributed by atoms with Crippen molar-refractivity contribution in [2.45, 2.75) is 64.3 Å². The van der Waals surface area contributed by atoms with Crippen LogP contribution in [-0.4, -0.2) is 23.0 Å². The van der Waals surface area contributed by atoms with Crippen molar-refractivity contribution in [1.29, 1.82) is 0 Å². The minimum atomic E-state index is -0.800. The van der Waals surface area contributed by atoms with Gasteiger partial charge in [0.15, 0.2) is 0 Å².